The highest BCUT2D eigenvalue weighted by Gasteiger charge is 2.25. The molecule has 7 nitrogen and oxygen atoms in total. The highest BCUT2D eigenvalue weighted by atomic mass is 32.1. The average molecular weight is 1950 g/mol. The fourth-order valence-corrected chi connectivity index (χ4v) is 24.0. The van der Waals surface area contributed by atoms with Crippen molar-refractivity contribution in [2.24, 2.45) is 0 Å². The molecular formula is C138H90N4O3S3. The molecule has 0 radical (unpaired) electrons. The van der Waals surface area contributed by atoms with Gasteiger partial charge in [0.25, 0.3) is 0 Å². The molecule has 0 amide bonds. The van der Waals surface area contributed by atoms with Gasteiger partial charge in [0.15, 0.2) is 0 Å². The zero-order valence-electron chi connectivity index (χ0n) is 80.2. The number of para-hydroxylation sites is 6. The van der Waals surface area contributed by atoms with E-state index in [1.807, 2.05) is 70.4 Å². The molecule has 6 heterocycles. The molecule has 0 aliphatic carbocycles. The number of anilines is 12. The van der Waals surface area contributed by atoms with E-state index in [0.717, 1.165) is 201 Å². The standard InChI is InChI=1S/C138H90N4O3S3/c1-4-19-100(20-5-1)130-85-88-133(146-130)103-55-79-115(80-56-103)140(112-73-49-97(50-74-112)118-28-16-31-124-121-25-10-13-34-127(121)143-136(118)124)109-67-43-94(44-68-109)91-37-61-106(62-38-91)139(107-63-39-92(40-64-107)95-45-69-110(70-46-95)141(116-81-57-104(58-82-116)134-89-86-131(147-134)101-21-6-2-7-22-101)113-75-51-98(52-76-113)119-29-17-32-125-122-26-11-14-35-128(122)144-137(119)125)108-65-41-93(42-66-108)96-47-71-111(72-48-96)142(117-83-59-105(60-84-117)135-90-87-132(148-135)102-23-8-3-9-24-102)114-77-53-99(54-78-114)120-30-18-33-126-123-27-12-15-36-129(123)145-138(120)126/h1-90H. The topological polar surface area (TPSA) is 52.4 Å². The van der Waals surface area contributed by atoms with Crippen LogP contribution in [0, 0.1) is 0 Å². The second-order valence-corrected chi connectivity index (χ2v) is 40.6. The van der Waals surface area contributed by atoms with E-state index in [9.17, 15) is 0 Å². The Bertz CT molecular complexity index is 8620. The van der Waals surface area contributed by atoms with Crippen LogP contribution >= 0.6 is 34.0 Å². The molecule has 0 saturated heterocycles. The van der Waals surface area contributed by atoms with Crippen LogP contribution in [-0.4, -0.2) is 0 Å². The van der Waals surface area contributed by atoms with Crippen LogP contribution in [0.15, 0.2) is 559 Å². The number of benzene rings is 21. The van der Waals surface area contributed by atoms with Gasteiger partial charge in [0.1, 0.15) is 33.5 Å². The third kappa shape index (κ3) is 16.8. The van der Waals surface area contributed by atoms with Crippen LogP contribution in [0.3, 0.4) is 0 Å². The van der Waals surface area contributed by atoms with Gasteiger partial charge < -0.3 is 32.9 Å². The summed E-state index contributed by atoms with van der Waals surface area (Å²) in [5.41, 5.74) is 37.9. The van der Waals surface area contributed by atoms with Crippen LogP contribution < -0.4 is 19.6 Å². The zero-order chi connectivity index (χ0) is 97.9. The maximum atomic E-state index is 6.58. The first-order chi connectivity index (χ1) is 73.3. The van der Waals surface area contributed by atoms with Gasteiger partial charge in [0.2, 0.25) is 0 Å². The SMILES string of the molecule is c1ccc(-c2ccc(-c3ccc(N(c4ccc(-c5ccc(N(c6ccc(-c7ccc(N(c8ccc(-c9ccc(-c%10ccccc%10)s9)cc8)c8ccc(-c9cccc%10c9oc9ccccc9%10)cc8)cc7)cc6)c6ccc(-c7ccc(N(c8ccc(-c9ccc(-c%10ccccc%10)s9)cc8)c8ccc(-c9cccc%10c9oc9ccccc9%10)cc8)cc7)cc6)cc5)cc4)c4ccc(-c5cccc6c5oc5ccccc56)cc4)cc3)s2)cc1. The Kier molecular flexibility index (Phi) is 22.8. The number of rotatable bonds is 24. The van der Waals surface area contributed by atoms with E-state index >= 15 is 0 Å². The third-order valence-electron chi connectivity index (χ3n) is 28.5. The number of hydrogen-bond donors (Lipinski definition) is 0. The molecule has 27 rings (SSSR count). The van der Waals surface area contributed by atoms with Crippen LogP contribution in [0.1, 0.15) is 0 Å². The fourth-order valence-electron chi connectivity index (χ4n) is 21.0. The Morgan fingerprint density at radius 3 is 0.466 bits per heavy atom. The summed E-state index contributed by atoms with van der Waals surface area (Å²) in [6.07, 6.45) is 0. The van der Waals surface area contributed by atoms with Crippen molar-refractivity contribution in [2.75, 3.05) is 19.6 Å². The summed E-state index contributed by atoms with van der Waals surface area (Å²) < 4.78 is 19.7. The molecular weight excluding hydrogens is 1860 g/mol. The molecule has 21 aromatic carbocycles. The molecule has 0 spiro atoms. The molecule has 0 unspecified atom stereocenters. The van der Waals surface area contributed by atoms with Crippen LogP contribution in [0.4, 0.5) is 68.2 Å². The van der Waals surface area contributed by atoms with Crippen LogP contribution in [0.25, 0.3) is 195 Å². The lowest BCUT2D eigenvalue weighted by Gasteiger charge is -2.27. The first-order valence-electron chi connectivity index (χ1n) is 49.9. The monoisotopic (exact) mass is 1950 g/mol. The molecule has 6 aromatic heterocycles. The van der Waals surface area contributed by atoms with Crippen molar-refractivity contribution >= 4 is 168 Å². The van der Waals surface area contributed by atoms with Crippen molar-refractivity contribution in [3.63, 3.8) is 0 Å². The van der Waals surface area contributed by atoms with E-state index < -0.39 is 0 Å². The summed E-state index contributed by atoms with van der Waals surface area (Å²) in [7, 11) is 0. The summed E-state index contributed by atoms with van der Waals surface area (Å²) in [5, 5.41) is 6.66. The van der Waals surface area contributed by atoms with Crippen LogP contribution in [-0.2, 0) is 0 Å². The summed E-state index contributed by atoms with van der Waals surface area (Å²) in [4.78, 5) is 16.8. The minimum Gasteiger partial charge on any atom is -0.455 e. The smallest absolute Gasteiger partial charge is 0.143 e. The molecule has 0 atom stereocenters. The maximum absolute atomic E-state index is 6.58. The molecule has 698 valence electrons. The van der Waals surface area contributed by atoms with Crippen molar-refractivity contribution < 1.29 is 13.3 Å². The number of furan rings is 3. The van der Waals surface area contributed by atoms with Crippen molar-refractivity contribution in [1.29, 1.82) is 0 Å². The maximum Gasteiger partial charge on any atom is 0.143 e. The lowest BCUT2D eigenvalue weighted by molar-refractivity contribution is 0.669. The predicted octanol–water partition coefficient (Wildman–Crippen LogP) is 41.5. The first-order valence-corrected chi connectivity index (χ1v) is 52.4. The molecule has 10 heteroatoms. The Balaban J connectivity index is 0.516. The van der Waals surface area contributed by atoms with E-state index in [1.54, 1.807) is 0 Å². The summed E-state index contributed by atoms with van der Waals surface area (Å²) in [6, 6.07) is 197. The highest BCUT2D eigenvalue weighted by Crippen LogP contribution is 2.50. The van der Waals surface area contributed by atoms with Gasteiger partial charge in [-0.1, -0.05) is 346 Å². The summed E-state index contributed by atoms with van der Waals surface area (Å²) in [6.45, 7) is 0. The highest BCUT2D eigenvalue weighted by molar-refractivity contribution is 7.19. The normalized spacial score (nSPS) is 11.5. The number of hydrogen-bond acceptors (Lipinski definition) is 10. The quantitative estimate of drug-likeness (QED) is 0.0597. The average Bonchev–Trinajstić information content (AvgIpc) is 1.57. The summed E-state index contributed by atoms with van der Waals surface area (Å²) >= 11 is 5.45. The lowest BCUT2D eigenvalue weighted by atomic mass is 10.0. The van der Waals surface area contributed by atoms with Gasteiger partial charge in [0, 0.05) is 147 Å². The Labute approximate surface area is 869 Å². The molecule has 0 N–H and O–H groups in total. The van der Waals surface area contributed by atoms with Crippen molar-refractivity contribution in [3.05, 3.63) is 546 Å². The third-order valence-corrected chi connectivity index (χ3v) is 32.0. The van der Waals surface area contributed by atoms with Crippen molar-refractivity contribution in [2.45, 2.75) is 0 Å². The molecule has 27 aromatic rings. The zero-order valence-corrected chi connectivity index (χ0v) is 82.6. The number of fused-ring (bicyclic) bond motifs is 9. The van der Waals surface area contributed by atoms with Crippen molar-refractivity contribution in [1.82, 2.24) is 0 Å². The number of thiophene rings is 3. The first kappa shape index (κ1) is 88.3. The van der Waals surface area contributed by atoms with Gasteiger partial charge in [-0.15, -0.1) is 34.0 Å². The van der Waals surface area contributed by atoms with Gasteiger partial charge in [0.05, 0.1) is 0 Å². The van der Waals surface area contributed by atoms with E-state index in [4.69, 9.17) is 13.3 Å². The van der Waals surface area contributed by atoms with E-state index in [-0.39, 0.29) is 0 Å². The summed E-state index contributed by atoms with van der Waals surface area (Å²) in [5.74, 6) is 0. The molecule has 0 saturated carbocycles. The molecule has 0 bridgehead atoms. The van der Waals surface area contributed by atoms with Crippen LogP contribution in [0.5, 0.6) is 0 Å². The minimum atomic E-state index is 0.882. The van der Waals surface area contributed by atoms with Gasteiger partial charge in [-0.05, 0) is 284 Å². The lowest BCUT2D eigenvalue weighted by Crippen LogP contribution is -2.10. The Morgan fingerprint density at radius 2 is 0.270 bits per heavy atom. The van der Waals surface area contributed by atoms with Gasteiger partial charge in [-0.3, -0.25) is 0 Å². The van der Waals surface area contributed by atoms with E-state index in [2.05, 4.69) is 529 Å². The molecule has 0 fully saturated rings. The second-order valence-electron chi connectivity index (χ2n) is 37.3. The Morgan fingerprint density at radius 1 is 0.115 bits per heavy atom. The van der Waals surface area contributed by atoms with Crippen LogP contribution in [0.2, 0.25) is 0 Å². The second kappa shape index (κ2) is 38.2. The fraction of sp³-hybridized carbons (Fsp3) is 0. The largest absolute Gasteiger partial charge is 0.455 e. The molecule has 148 heavy (non-hydrogen) atoms. The van der Waals surface area contributed by atoms with Gasteiger partial charge in [-0.25, -0.2) is 0 Å². The van der Waals surface area contributed by atoms with Crippen molar-refractivity contribution in [3.8, 4) is 129 Å². The number of nitrogens with zero attached hydrogens (tertiary/aromatic N) is 4. The van der Waals surface area contributed by atoms with Gasteiger partial charge >= 0.3 is 0 Å². The molecule has 0 aliphatic rings. The molecule has 0 aliphatic heterocycles. The van der Waals surface area contributed by atoms with E-state index in [0.29, 0.717) is 0 Å². The van der Waals surface area contributed by atoms with E-state index in [1.165, 1.54) is 62.6 Å². The Hall–Kier alpha value is -18.7. The van der Waals surface area contributed by atoms with Gasteiger partial charge in [-0.2, -0.15) is 0 Å². The predicted molar refractivity (Wildman–Crippen MR) is 626 cm³/mol. The minimum absolute atomic E-state index is 0.882.